The molecule has 4 heteroatoms. The summed E-state index contributed by atoms with van der Waals surface area (Å²) in [5.74, 6) is 3.50. The van der Waals surface area contributed by atoms with Gasteiger partial charge in [0.25, 0.3) is 0 Å². The maximum absolute atomic E-state index is 9.60. The summed E-state index contributed by atoms with van der Waals surface area (Å²) in [5, 5.41) is 9.60. The summed E-state index contributed by atoms with van der Waals surface area (Å²) in [5.41, 5.74) is 6.49. The van der Waals surface area contributed by atoms with Gasteiger partial charge in [-0.3, -0.25) is 0 Å². The molecule has 20 heavy (non-hydrogen) atoms. The van der Waals surface area contributed by atoms with E-state index in [1.807, 2.05) is 0 Å². The van der Waals surface area contributed by atoms with Gasteiger partial charge < -0.3 is 15.7 Å². The van der Waals surface area contributed by atoms with Gasteiger partial charge in [-0.05, 0) is 69.1 Å². The SMILES string of the molecule is NC(=NC12CC3CC(CC(C3)C1)C2)N1CCC(O)CC1. The zero-order valence-electron chi connectivity index (χ0n) is 12.3. The van der Waals surface area contributed by atoms with E-state index in [0.29, 0.717) is 0 Å². The minimum absolute atomic E-state index is 0.140. The van der Waals surface area contributed by atoms with Gasteiger partial charge in [-0.15, -0.1) is 0 Å². The van der Waals surface area contributed by atoms with Gasteiger partial charge in [0.1, 0.15) is 0 Å². The van der Waals surface area contributed by atoms with Crippen molar-refractivity contribution in [2.45, 2.75) is 63.0 Å². The van der Waals surface area contributed by atoms with E-state index in [2.05, 4.69) is 4.90 Å². The molecule has 112 valence electrons. The minimum Gasteiger partial charge on any atom is -0.393 e. The lowest BCUT2D eigenvalue weighted by Gasteiger charge is -2.55. The lowest BCUT2D eigenvalue weighted by atomic mass is 9.53. The Morgan fingerprint density at radius 1 is 1.00 bits per heavy atom. The van der Waals surface area contributed by atoms with Crippen molar-refractivity contribution in [3.05, 3.63) is 0 Å². The topological polar surface area (TPSA) is 61.8 Å². The molecule has 4 aliphatic carbocycles. The van der Waals surface area contributed by atoms with E-state index >= 15 is 0 Å². The maximum atomic E-state index is 9.60. The molecule has 0 unspecified atom stereocenters. The van der Waals surface area contributed by atoms with Gasteiger partial charge in [0.2, 0.25) is 0 Å². The molecule has 0 aromatic carbocycles. The number of piperidine rings is 1. The van der Waals surface area contributed by atoms with Gasteiger partial charge >= 0.3 is 0 Å². The van der Waals surface area contributed by atoms with Crippen LogP contribution in [0.1, 0.15) is 51.4 Å². The molecule has 0 aromatic heterocycles. The molecule has 0 radical (unpaired) electrons. The highest BCUT2D eigenvalue weighted by Crippen LogP contribution is 2.57. The molecule has 1 saturated heterocycles. The summed E-state index contributed by atoms with van der Waals surface area (Å²) in [6.45, 7) is 1.73. The van der Waals surface area contributed by atoms with E-state index in [9.17, 15) is 5.11 Å². The molecule has 5 fully saturated rings. The Bertz CT molecular complexity index is 377. The Labute approximate surface area is 121 Å². The summed E-state index contributed by atoms with van der Waals surface area (Å²) in [6, 6.07) is 0. The van der Waals surface area contributed by atoms with Crippen molar-refractivity contribution in [1.29, 1.82) is 0 Å². The van der Waals surface area contributed by atoms with E-state index in [0.717, 1.165) is 49.6 Å². The van der Waals surface area contributed by atoms with Gasteiger partial charge in [0.15, 0.2) is 5.96 Å². The van der Waals surface area contributed by atoms with E-state index in [-0.39, 0.29) is 11.6 Å². The monoisotopic (exact) mass is 277 g/mol. The van der Waals surface area contributed by atoms with Crippen molar-refractivity contribution in [2.24, 2.45) is 28.5 Å². The second-order valence-corrected chi connectivity index (χ2v) is 7.83. The zero-order chi connectivity index (χ0) is 13.7. The van der Waals surface area contributed by atoms with Crippen LogP contribution < -0.4 is 5.73 Å². The van der Waals surface area contributed by atoms with Gasteiger partial charge in [0, 0.05) is 13.1 Å². The molecule has 1 aliphatic heterocycles. The van der Waals surface area contributed by atoms with Crippen LogP contribution in [0.25, 0.3) is 0 Å². The predicted molar refractivity (Wildman–Crippen MR) is 79.3 cm³/mol. The summed E-state index contributed by atoms with van der Waals surface area (Å²) in [7, 11) is 0. The first-order valence-electron chi connectivity index (χ1n) is 8.40. The van der Waals surface area contributed by atoms with Crippen LogP contribution in [-0.2, 0) is 0 Å². The van der Waals surface area contributed by atoms with E-state index in [1.54, 1.807) is 0 Å². The quantitative estimate of drug-likeness (QED) is 0.567. The molecule has 0 amide bonds. The van der Waals surface area contributed by atoms with Gasteiger partial charge in [-0.1, -0.05) is 0 Å². The number of hydrogen-bond acceptors (Lipinski definition) is 2. The van der Waals surface area contributed by atoms with E-state index < -0.39 is 0 Å². The predicted octanol–water partition coefficient (Wildman–Crippen LogP) is 1.73. The minimum atomic E-state index is -0.140. The fourth-order valence-corrected chi connectivity index (χ4v) is 5.61. The average molecular weight is 277 g/mol. The molecule has 4 nitrogen and oxygen atoms in total. The number of guanidine groups is 1. The van der Waals surface area contributed by atoms with E-state index in [1.165, 1.54) is 38.5 Å². The lowest BCUT2D eigenvalue weighted by Crippen LogP contribution is -2.52. The molecule has 5 rings (SSSR count). The highest BCUT2D eigenvalue weighted by atomic mass is 16.3. The first-order valence-corrected chi connectivity index (χ1v) is 8.40. The molecule has 0 aromatic rings. The lowest BCUT2D eigenvalue weighted by molar-refractivity contribution is 0.000798. The molecule has 0 spiro atoms. The number of nitrogens with zero attached hydrogens (tertiary/aromatic N) is 2. The Balaban J connectivity index is 1.51. The van der Waals surface area contributed by atoms with Gasteiger partial charge in [-0.25, -0.2) is 4.99 Å². The normalized spacial score (nSPS) is 45.1. The van der Waals surface area contributed by atoms with Crippen LogP contribution in [0.3, 0.4) is 0 Å². The summed E-state index contributed by atoms with van der Waals surface area (Å²) < 4.78 is 0. The Morgan fingerprint density at radius 3 is 2.00 bits per heavy atom. The van der Waals surface area contributed by atoms with Crippen LogP contribution >= 0.6 is 0 Å². The summed E-state index contributed by atoms with van der Waals surface area (Å²) >= 11 is 0. The number of nitrogens with two attached hydrogens (primary N) is 1. The molecule has 0 atom stereocenters. The van der Waals surface area contributed by atoms with Crippen LogP contribution in [0.5, 0.6) is 0 Å². The van der Waals surface area contributed by atoms with Crippen molar-refractivity contribution in [2.75, 3.05) is 13.1 Å². The Hall–Kier alpha value is -0.770. The first kappa shape index (κ1) is 12.9. The molecular formula is C16H27N3O. The van der Waals surface area contributed by atoms with Crippen molar-refractivity contribution in [3.8, 4) is 0 Å². The van der Waals surface area contributed by atoms with Crippen LogP contribution in [-0.4, -0.2) is 40.7 Å². The number of aliphatic hydroxyl groups is 1. The Kier molecular flexibility index (Phi) is 2.99. The highest BCUT2D eigenvalue weighted by Gasteiger charge is 2.51. The third-order valence-electron chi connectivity index (χ3n) is 6.15. The number of hydrogen-bond donors (Lipinski definition) is 2. The summed E-state index contributed by atoms with van der Waals surface area (Å²) in [6.07, 6.45) is 9.69. The van der Waals surface area contributed by atoms with Crippen molar-refractivity contribution in [3.63, 3.8) is 0 Å². The number of rotatable bonds is 1. The molecular weight excluding hydrogens is 250 g/mol. The molecule has 3 N–H and O–H groups in total. The third-order valence-corrected chi connectivity index (χ3v) is 6.15. The van der Waals surface area contributed by atoms with Crippen LogP contribution in [0.15, 0.2) is 4.99 Å². The van der Waals surface area contributed by atoms with Crippen molar-refractivity contribution < 1.29 is 5.11 Å². The molecule has 5 aliphatic rings. The largest absolute Gasteiger partial charge is 0.393 e. The average Bonchev–Trinajstić information content (AvgIpc) is 2.37. The summed E-state index contributed by atoms with van der Waals surface area (Å²) in [4.78, 5) is 7.24. The maximum Gasteiger partial charge on any atom is 0.191 e. The van der Waals surface area contributed by atoms with Crippen molar-refractivity contribution in [1.82, 2.24) is 4.90 Å². The fourth-order valence-electron chi connectivity index (χ4n) is 5.61. The second-order valence-electron chi connectivity index (χ2n) is 7.83. The number of likely N-dealkylation sites (tertiary alicyclic amines) is 1. The number of aliphatic hydroxyl groups excluding tert-OH is 1. The van der Waals surface area contributed by atoms with Crippen LogP contribution in [0.4, 0.5) is 0 Å². The standard InChI is InChI=1S/C16H27N3O/c17-15(19-3-1-14(20)2-4-19)18-16-8-11-5-12(9-16)7-13(6-11)10-16/h11-14,20H,1-10H2,(H2,17,18). The Morgan fingerprint density at radius 2 is 1.50 bits per heavy atom. The molecule has 4 saturated carbocycles. The van der Waals surface area contributed by atoms with Crippen LogP contribution in [0.2, 0.25) is 0 Å². The van der Waals surface area contributed by atoms with Crippen LogP contribution in [0, 0.1) is 17.8 Å². The van der Waals surface area contributed by atoms with Gasteiger partial charge in [-0.2, -0.15) is 0 Å². The van der Waals surface area contributed by atoms with Crippen molar-refractivity contribution >= 4 is 5.96 Å². The number of aliphatic imine (C=N–C) groups is 1. The van der Waals surface area contributed by atoms with E-state index in [4.69, 9.17) is 10.7 Å². The zero-order valence-corrected chi connectivity index (χ0v) is 12.3. The second kappa shape index (κ2) is 4.62. The molecule has 4 bridgehead atoms. The smallest absolute Gasteiger partial charge is 0.191 e. The highest BCUT2D eigenvalue weighted by molar-refractivity contribution is 5.78. The first-order chi connectivity index (χ1) is 9.62. The van der Waals surface area contributed by atoms with Gasteiger partial charge in [0.05, 0.1) is 11.6 Å². The third kappa shape index (κ3) is 2.22. The fraction of sp³-hybridized carbons (Fsp3) is 0.938. The molecule has 1 heterocycles.